The predicted octanol–water partition coefficient (Wildman–Crippen LogP) is 3.35. The third-order valence-electron chi connectivity index (χ3n) is 3.37. The van der Waals surface area contributed by atoms with Crippen LogP contribution in [0.2, 0.25) is 0 Å². The minimum Gasteiger partial charge on any atom is -0.0928 e. The van der Waals surface area contributed by atoms with E-state index in [9.17, 15) is 0 Å². The quantitative estimate of drug-likeness (QED) is 0.603. The summed E-state index contributed by atoms with van der Waals surface area (Å²) in [6.07, 6.45) is 9.14. The molecule has 10 heavy (non-hydrogen) atoms. The molecule has 1 heteroatoms. The molecule has 58 valence electrons. The molecular formula is C9H15Br. The topological polar surface area (TPSA) is 0 Å². The molecule has 0 N–H and O–H groups in total. The second-order valence-corrected chi connectivity index (χ2v) is 4.90. The number of halogens is 1. The van der Waals surface area contributed by atoms with E-state index in [1.54, 1.807) is 25.7 Å². The van der Waals surface area contributed by atoms with E-state index in [1.807, 2.05) is 0 Å². The van der Waals surface area contributed by atoms with Crippen LogP contribution in [0.1, 0.15) is 38.5 Å². The standard InChI is InChI=1S/C9H15Br/c10-5-2-8-6-9(7-8)3-1-4-9/h8H,1-7H2. The van der Waals surface area contributed by atoms with Crippen molar-refractivity contribution in [3.05, 3.63) is 0 Å². The minimum absolute atomic E-state index is 0.896. The molecule has 0 nitrogen and oxygen atoms in total. The highest BCUT2D eigenvalue weighted by Crippen LogP contribution is 2.59. The predicted molar refractivity (Wildman–Crippen MR) is 47.4 cm³/mol. The molecule has 0 radical (unpaired) electrons. The van der Waals surface area contributed by atoms with Gasteiger partial charge in [0.25, 0.3) is 0 Å². The summed E-state index contributed by atoms with van der Waals surface area (Å²) in [4.78, 5) is 0. The molecule has 1 spiro atoms. The van der Waals surface area contributed by atoms with E-state index >= 15 is 0 Å². The van der Waals surface area contributed by atoms with Crippen LogP contribution in [0.5, 0.6) is 0 Å². The van der Waals surface area contributed by atoms with Crippen LogP contribution in [0.4, 0.5) is 0 Å². The summed E-state index contributed by atoms with van der Waals surface area (Å²) in [5, 5.41) is 1.22. The van der Waals surface area contributed by atoms with Gasteiger partial charge in [-0.2, -0.15) is 0 Å². The lowest BCUT2D eigenvalue weighted by Gasteiger charge is -2.54. The maximum Gasteiger partial charge on any atom is 0.00339 e. The van der Waals surface area contributed by atoms with Gasteiger partial charge in [0.05, 0.1) is 0 Å². The Kier molecular flexibility index (Phi) is 1.79. The Hall–Kier alpha value is 0.480. The molecule has 2 saturated carbocycles. The second kappa shape index (κ2) is 2.51. The van der Waals surface area contributed by atoms with Gasteiger partial charge < -0.3 is 0 Å². The minimum atomic E-state index is 0.896. The summed E-state index contributed by atoms with van der Waals surface area (Å²) in [6, 6.07) is 0. The maximum atomic E-state index is 3.50. The fourth-order valence-electron chi connectivity index (χ4n) is 2.61. The van der Waals surface area contributed by atoms with Crippen LogP contribution >= 0.6 is 15.9 Å². The summed E-state index contributed by atoms with van der Waals surface area (Å²) in [5.41, 5.74) is 0.896. The summed E-state index contributed by atoms with van der Waals surface area (Å²) < 4.78 is 0. The summed E-state index contributed by atoms with van der Waals surface area (Å²) in [5.74, 6) is 1.08. The zero-order valence-corrected chi connectivity index (χ0v) is 7.99. The Morgan fingerprint density at radius 1 is 1.30 bits per heavy atom. The Labute approximate surface area is 71.5 Å². The zero-order valence-electron chi connectivity index (χ0n) is 6.41. The molecule has 0 aliphatic heterocycles. The van der Waals surface area contributed by atoms with Crippen molar-refractivity contribution >= 4 is 15.9 Å². The molecule has 0 atom stereocenters. The van der Waals surface area contributed by atoms with Crippen molar-refractivity contribution in [2.24, 2.45) is 11.3 Å². The Bertz CT molecular complexity index is 119. The SMILES string of the molecule is BrCCC1CC2(CCC2)C1. The summed E-state index contributed by atoms with van der Waals surface area (Å²) >= 11 is 3.50. The number of hydrogen-bond donors (Lipinski definition) is 0. The third kappa shape index (κ3) is 1.03. The smallest absolute Gasteiger partial charge is 0.00339 e. The van der Waals surface area contributed by atoms with Crippen molar-refractivity contribution in [2.45, 2.75) is 38.5 Å². The first-order chi connectivity index (χ1) is 4.85. The average Bonchev–Trinajstić information content (AvgIpc) is 1.72. The molecule has 2 aliphatic rings. The lowest BCUT2D eigenvalue weighted by molar-refractivity contribution is -0.0250. The largest absolute Gasteiger partial charge is 0.0928 e. The lowest BCUT2D eigenvalue weighted by atomic mass is 9.51. The highest BCUT2D eigenvalue weighted by molar-refractivity contribution is 9.09. The molecule has 0 amide bonds. The van der Waals surface area contributed by atoms with E-state index in [-0.39, 0.29) is 0 Å². The van der Waals surface area contributed by atoms with Crippen LogP contribution in [0, 0.1) is 11.3 Å². The highest BCUT2D eigenvalue weighted by Gasteiger charge is 2.47. The van der Waals surface area contributed by atoms with Crippen molar-refractivity contribution in [1.29, 1.82) is 0 Å². The van der Waals surface area contributed by atoms with Crippen LogP contribution in [0.25, 0.3) is 0 Å². The second-order valence-electron chi connectivity index (χ2n) is 4.11. The van der Waals surface area contributed by atoms with Gasteiger partial charge in [-0.25, -0.2) is 0 Å². The number of alkyl halides is 1. The van der Waals surface area contributed by atoms with Gasteiger partial charge >= 0.3 is 0 Å². The maximum absolute atomic E-state index is 3.50. The van der Waals surface area contributed by atoms with Crippen molar-refractivity contribution < 1.29 is 0 Å². The van der Waals surface area contributed by atoms with E-state index in [1.165, 1.54) is 18.2 Å². The molecule has 2 aliphatic carbocycles. The molecule has 0 saturated heterocycles. The first-order valence-corrected chi connectivity index (χ1v) is 5.53. The fraction of sp³-hybridized carbons (Fsp3) is 1.00. The van der Waals surface area contributed by atoms with Crippen LogP contribution in [-0.2, 0) is 0 Å². The molecule has 0 aromatic heterocycles. The zero-order chi connectivity index (χ0) is 7.03. The van der Waals surface area contributed by atoms with Gasteiger partial charge in [-0.05, 0) is 43.4 Å². The van der Waals surface area contributed by atoms with Crippen LogP contribution in [0.3, 0.4) is 0 Å². The average molecular weight is 203 g/mol. The molecule has 2 fully saturated rings. The highest BCUT2D eigenvalue weighted by atomic mass is 79.9. The molecule has 0 unspecified atom stereocenters. The van der Waals surface area contributed by atoms with Crippen LogP contribution in [-0.4, -0.2) is 5.33 Å². The van der Waals surface area contributed by atoms with E-state index in [2.05, 4.69) is 15.9 Å². The van der Waals surface area contributed by atoms with E-state index in [0.29, 0.717) is 0 Å². The first kappa shape index (κ1) is 7.15. The van der Waals surface area contributed by atoms with Gasteiger partial charge in [0.1, 0.15) is 0 Å². The Morgan fingerprint density at radius 3 is 2.40 bits per heavy atom. The molecule has 0 heterocycles. The van der Waals surface area contributed by atoms with Crippen molar-refractivity contribution in [3.8, 4) is 0 Å². The lowest BCUT2D eigenvalue weighted by Crippen LogP contribution is -2.42. The van der Waals surface area contributed by atoms with Gasteiger partial charge in [-0.1, -0.05) is 22.4 Å². The molecule has 0 aromatic rings. The fourth-order valence-corrected chi connectivity index (χ4v) is 3.26. The van der Waals surface area contributed by atoms with Crippen molar-refractivity contribution in [1.82, 2.24) is 0 Å². The normalized spacial score (nSPS) is 29.7. The summed E-state index contributed by atoms with van der Waals surface area (Å²) in [7, 11) is 0. The van der Waals surface area contributed by atoms with Crippen LogP contribution in [0.15, 0.2) is 0 Å². The van der Waals surface area contributed by atoms with Crippen molar-refractivity contribution in [3.63, 3.8) is 0 Å². The van der Waals surface area contributed by atoms with E-state index in [4.69, 9.17) is 0 Å². The first-order valence-electron chi connectivity index (χ1n) is 4.41. The summed E-state index contributed by atoms with van der Waals surface area (Å²) in [6.45, 7) is 0. The van der Waals surface area contributed by atoms with Gasteiger partial charge in [-0.3, -0.25) is 0 Å². The molecule has 0 aromatic carbocycles. The van der Waals surface area contributed by atoms with Gasteiger partial charge in [-0.15, -0.1) is 0 Å². The number of hydrogen-bond acceptors (Lipinski definition) is 0. The van der Waals surface area contributed by atoms with E-state index in [0.717, 1.165) is 11.3 Å². The Morgan fingerprint density at radius 2 is 2.00 bits per heavy atom. The van der Waals surface area contributed by atoms with Gasteiger partial charge in [0.2, 0.25) is 0 Å². The van der Waals surface area contributed by atoms with Crippen LogP contribution < -0.4 is 0 Å². The monoisotopic (exact) mass is 202 g/mol. The number of rotatable bonds is 2. The Balaban J connectivity index is 1.72. The molecule has 2 rings (SSSR count). The molecule has 0 bridgehead atoms. The third-order valence-corrected chi connectivity index (χ3v) is 3.83. The van der Waals surface area contributed by atoms with Gasteiger partial charge in [0, 0.05) is 5.33 Å². The molecular weight excluding hydrogens is 188 g/mol. The van der Waals surface area contributed by atoms with Crippen molar-refractivity contribution in [2.75, 3.05) is 5.33 Å². The van der Waals surface area contributed by atoms with Gasteiger partial charge in [0.15, 0.2) is 0 Å². The van der Waals surface area contributed by atoms with E-state index < -0.39 is 0 Å².